The molecule has 0 aliphatic carbocycles. The highest BCUT2D eigenvalue weighted by Gasteiger charge is 2.24. The number of aromatic nitrogens is 2. The Labute approximate surface area is 132 Å². The van der Waals surface area contributed by atoms with Gasteiger partial charge in [-0.3, -0.25) is 10.00 Å². The van der Waals surface area contributed by atoms with Crippen LogP contribution in [0, 0.1) is 13.8 Å². The van der Waals surface area contributed by atoms with Crippen molar-refractivity contribution in [2.45, 2.75) is 45.7 Å². The zero-order valence-electron chi connectivity index (χ0n) is 13.6. The van der Waals surface area contributed by atoms with Crippen molar-refractivity contribution in [1.29, 1.82) is 0 Å². The van der Waals surface area contributed by atoms with Gasteiger partial charge in [0.05, 0.1) is 18.0 Å². The third kappa shape index (κ3) is 3.42. The summed E-state index contributed by atoms with van der Waals surface area (Å²) in [7, 11) is 0. The van der Waals surface area contributed by atoms with E-state index in [0.717, 1.165) is 43.3 Å². The molecule has 0 spiro atoms. The third-order valence-corrected chi connectivity index (χ3v) is 4.62. The van der Waals surface area contributed by atoms with Gasteiger partial charge >= 0.3 is 0 Å². The number of furan rings is 1. The standard InChI is InChI=1S/C17H26N4O/c1-13-15(14(2)20-19-13)11-18-12-16(17-7-6-10-22-17)21-8-4-3-5-9-21/h6-7,10,16,18H,3-5,8-9,11-12H2,1-2H3,(H,19,20)/t16-/m1/s1. The average molecular weight is 302 g/mol. The summed E-state index contributed by atoms with van der Waals surface area (Å²) in [5.41, 5.74) is 3.51. The fourth-order valence-electron chi connectivity index (χ4n) is 3.29. The summed E-state index contributed by atoms with van der Waals surface area (Å²) in [4.78, 5) is 2.55. The summed E-state index contributed by atoms with van der Waals surface area (Å²) in [5, 5.41) is 10.9. The van der Waals surface area contributed by atoms with Crippen LogP contribution in [0.25, 0.3) is 0 Å². The quantitative estimate of drug-likeness (QED) is 0.861. The molecule has 0 amide bonds. The number of nitrogens with zero attached hydrogens (tertiary/aromatic N) is 2. The van der Waals surface area contributed by atoms with Crippen molar-refractivity contribution >= 4 is 0 Å². The maximum absolute atomic E-state index is 5.68. The first-order valence-electron chi connectivity index (χ1n) is 8.24. The Hall–Kier alpha value is -1.59. The molecule has 1 aliphatic rings. The van der Waals surface area contributed by atoms with Crippen LogP contribution in [0.5, 0.6) is 0 Å². The zero-order valence-corrected chi connectivity index (χ0v) is 13.6. The van der Waals surface area contributed by atoms with Gasteiger partial charge in [0.15, 0.2) is 0 Å². The van der Waals surface area contributed by atoms with E-state index in [2.05, 4.69) is 40.3 Å². The number of likely N-dealkylation sites (tertiary alicyclic amines) is 1. The molecular weight excluding hydrogens is 276 g/mol. The molecule has 22 heavy (non-hydrogen) atoms. The lowest BCUT2D eigenvalue weighted by Gasteiger charge is -2.33. The molecule has 0 unspecified atom stereocenters. The summed E-state index contributed by atoms with van der Waals surface area (Å²) in [6, 6.07) is 4.40. The third-order valence-electron chi connectivity index (χ3n) is 4.62. The Morgan fingerprint density at radius 1 is 1.32 bits per heavy atom. The van der Waals surface area contributed by atoms with Gasteiger partial charge in [0.2, 0.25) is 0 Å². The molecule has 1 aliphatic heterocycles. The van der Waals surface area contributed by atoms with E-state index in [1.807, 2.05) is 6.07 Å². The first-order chi connectivity index (χ1) is 10.8. The number of hydrogen-bond acceptors (Lipinski definition) is 4. The fraction of sp³-hybridized carbons (Fsp3) is 0.588. The van der Waals surface area contributed by atoms with E-state index in [-0.39, 0.29) is 0 Å². The van der Waals surface area contributed by atoms with Crippen LogP contribution in [0.15, 0.2) is 22.8 Å². The summed E-state index contributed by atoms with van der Waals surface area (Å²) < 4.78 is 5.68. The number of rotatable bonds is 6. The Balaban J connectivity index is 1.63. The highest BCUT2D eigenvalue weighted by molar-refractivity contribution is 5.22. The van der Waals surface area contributed by atoms with Crippen molar-refractivity contribution in [2.75, 3.05) is 19.6 Å². The second kappa shape index (κ2) is 7.11. The molecular formula is C17H26N4O. The van der Waals surface area contributed by atoms with E-state index < -0.39 is 0 Å². The van der Waals surface area contributed by atoms with Gasteiger partial charge in [-0.15, -0.1) is 0 Å². The summed E-state index contributed by atoms with van der Waals surface area (Å²) in [6.45, 7) is 8.20. The van der Waals surface area contributed by atoms with E-state index >= 15 is 0 Å². The highest BCUT2D eigenvalue weighted by atomic mass is 16.3. The van der Waals surface area contributed by atoms with Crippen LogP contribution in [-0.2, 0) is 6.54 Å². The van der Waals surface area contributed by atoms with Crippen LogP contribution in [0.4, 0.5) is 0 Å². The molecule has 2 N–H and O–H groups in total. The van der Waals surface area contributed by atoms with Gasteiger partial charge in [-0.05, 0) is 51.9 Å². The second-order valence-corrected chi connectivity index (χ2v) is 6.17. The molecule has 120 valence electrons. The predicted octanol–water partition coefficient (Wildman–Crippen LogP) is 2.94. The number of H-pyrrole nitrogens is 1. The molecule has 0 bridgehead atoms. The molecule has 3 rings (SSSR count). The summed E-state index contributed by atoms with van der Waals surface area (Å²) in [5.74, 6) is 1.06. The SMILES string of the molecule is Cc1n[nH]c(C)c1CNC[C@H](c1ccco1)N1CCCCC1. The van der Waals surface area contributed by atoms with Crippen molar-refractivity contribution < 1.29 is 4.42 Å². The van der Waals surface area contributed by atoms with Crippen LogP contribution >= 0.6 is 0 Å². The first-order valence-corrected chi connectivity index (χ1v) is 8.24. The van der Waals surface area contributed by atoms with Crippen molar-refractivity contribution in [3.05, 3.63) is 41.1 Å². The van der Waals surface area contributed by atoms with E-state index in [9.17, 15) is 0 Å². The molecule has 5 nitrogen and oxygen atoms in total. The molecule has 0 aromatic carbocycles. The van der Waals surface area contributed by atoms with E-state index in [0.29, 0.717) is 6.04 Å². The molecule has 1 saturated heterocycles. The summed E-state index contributed by atoms with van der Waals surface area (Å²) >= 11 is 0. The monoisotopic (exact) mass is 302 g/mol. The minimum absolute atomic E-state index is 0.322. The largest absolute Gasteiger partial charge is 0.468 e. The van der Waals surface area contributed by atoms with Crippen molar-refractivity contribution in [1.82, 2.24) is 20.4 Å². The van der Waals surface area contributed by atoms with Crippen LogP contribution in [-0.4, -0.2) is 34.7 Å². The van der Waals surface area contributed by atoms with Gasteiger partial charge in [0.1, 0.15) is 5.76 Å². The number of piperidine rings is 1. The fourth-order valence-corrected chi connectivity index (χ4v) is 3.29. The summed E-state index contributed by atoms with van der Waals surface area (Å²) in [6.07, 6.45) is 5.70. The molecule has 1 fully saturated rings. The number of aromatic amines is 1. The number of hydrogen-bond donors (Lipinski definition) is 2. The lowest BCUT2D eigenvalue weighted by Crippen LogP contribution is -2.38. The normalized spacial score (nSPS) is 17.7. The van der Waals surface area contributed by atoms with Crippen molar-refractivity contribution in [2.24, 2.45) is 0 Å². The van der Waals surface area contributed by atoms with Gasteiger partial charge in [0.25, 0.3) is 0 Å². The Morgan fingerprint density at radius 3 is 2.77 bits per heavy atom. The van der Waals surface area contributed by atoms with Crippen LogP contribution in [0.1, 0.15) is 48.0 Å². The number of aryl methyl sites for hydroxylation is 2. The van der Waals surface area contributed by atoms with Crippen molar-refractivity contribution in [3.63, 3.8) is 0 Å². The molecule has 1 atom stereocenters. The average Bonchev–Trinajstić information content (AvgIpc) is 3.17. The van der Waals surface area contributed by atoms with Gasteiger partial charge in [-0.25, -0.2) is 0 Å². The van der Waals surface area contributed by atoms with Crippen LogP contribution in [0.3, 0.4) is 0 Å². The predicted molar refractivity (Wildman–Crippen MR) is 86.6 cm³/mol. The minimum atomic E-state index is 0.322. The van der Waals surface area contributed by atoms with Crippen LogP contribution < -0.4 is 5.32 Å². The van der Waals surface area contributed by atoms with Gasteiger partial charge in [-0.1, -0.05) is 6.42 Å². The molecule has 0 radical (unpaired) electrons. The van der Waals surface area contributed by atoms with Gasteiger partial charge in [0, 0.05) is 24.3 Å². The van der Waals surface area contributed by atoms with E-state index in [1.165, 1.54) is 24.8 Å². The van der Waals surface area contributed by atoms with Crippen molar-refractivity contribution in [3.8, 4) is 0 Å². The first kappa shape index (κ1) is 15.3. The number of nitrogens with one attached hydrogen (secondary N) is 2. The van der Waals surface area contributed by atoms with E-state index in [1.54, 1.807) is 6.26 Å². The topological polar surface area (TPSA) is 57.1 Å². The molecule has 5 heteroatoms. The van der Waals surface area contributed by atoms with Crippen LogP contribution in [0.2, 0.25) is 0 Å². The van der Waals surface area contributed by atoms with E-state index in [4.69, 9.17) is 4.42 Å². The molecule has 3 heterocycles. The molecule has 2 aromatic heterocycles. The smallest absolute Gasteiger partial charge is 0.122 e. The van der Waals surface area contributed by atoms with Gasteiger partial charge in [-0.2, -0.15) is 5.10 Å². The lowest BCUT2D eigenvalue weighted by molar-refractivity contribution is 0.142. The minimum Gasteiger partial charge on any atom is -0.468 e. The maximum atomic E-state index is 5.68. The zero-order chi connectivity index (χ0) is 15.4. The Kier molecular flexibility index (Phi) is 4.95. The second-order valence-electron chi connectivity index (χ2n) is 6.17. The molecule has 2 aromatic rings. The Bertz CT molecular complexity index is 550. The maximum Gasteiger partial charge on any atom is 0.122 e. The van der Waals surface area contributed by atoms with Gasteiger partial charge < -0.3 is 9.73 Å². The Morgan fingerprint density at radius 2 is 2.14 bits per heavy atom. The molecule has 0 saturated carbocycles. The lowest BCUT2D eigenvalue weighted by atomic mass is 10.1. The highest BCUT2D eigenvalue weighted by Crippen LogP contribution is 2.24.